The van der Waals surface area contributed by atoms with Gasteiger partial charge in [0.2, 0.25) is 0 Å². The van der Waals surface area contributed by atoms with Crippen molar-refractivity contribution in [2.75, 3.05) is 14.2 Å². The normalized spacial score (nSPS) is 11.6. The number of para-hydroxylation sites is 1. The number of ether oxygens (including phenoxy) is 2. The molecule has 3 aromatic carbocycles. The topological polar surface area (TPSA) is 97.8 Å². The number of hydrogen-bond donors (Lipinski definition) is 2. The molecular formula is C26H22N2O5. The van der Waals surface area contributed by atoms with Gasteiger partial charge in [-0.15, -0.1) is 0 Å². The van der Waals surface area contributed by atoms with Crippen LogP contribution in [0.4, 0.5) is 0 Å². The lowest BCUT2D eigenvalue weighted by molar-refractivity contribution is -0.143. The second kappa shape index (κ2) is 9.40. The van der Waals surface area contributed by atoms with E-state index in [-0.39, 0.29) is 5.75 Å². The van der Waals surface area contributed by atoms with Gasteiger partial charge in [-0.3, -0.25) is 4.79 Å². The van der Waals surface area contributed by atoms with Crippen molar-refractivity contribution in [3.8, 4) is 22.8 Å². The Labute approximate surface area is 190 Å². The molecule has 0 saturated heterocycles. The Morgan fingerprint density at radius 2 is 1.67 bits per heavy atom. The Morgan fingerprint density at radius 1 is 0.939 bits per heavy atom. The van der Waals surface area contributed by atoms with Crippen molar-refractivity contribution < 1.29 is 24.2 Å². The number of aromatic nitrogens is 1. The summed E-state index contributed by atoms with van der Waals surface area (Å²) in [6.07, 6.45) is 0. The summed E-state index contributed by atoms with van der Waals surface area (Å²) in [5.41, 5.74) is 2.28. The van der Waals surface area contributed by atoms with Gasteiger partial charge in [-0.05, 0) is 35.9 Å². The van der Waals surface area contributed by atoms with Crippen LogP contribution in [0.3, 0.4) is 0 Å². The number of aromatic hydroxyl groups is 1. The molecular weight excluding hydrogens is 420 g/mol. The molecule has 1 atom stereocenters. The molecule has 1 unspecified atom stereocenters. The molecule has 0 fully saturated rings. The van der Waals surface area contributed by atoms with Crippen LogP contribution in [-0.4, -0.2) is 36.2 Å². The fourth-order valence-corrected chi connectivity index (χ4v) is 3.60. The number of methoxy groups -OCH3 is 2. The molecule has 2 N–H and O–H groups in total. The van der Waals surface area contributed by atoms with Crippen LogP contribution in [-0.2, 0) is 9.53 Å². The van der Waals surface area contributed by atoms with E-state index in [1.807, 2.05) is 12.1 Å². The molecule has 0 radical (unpaired) electrons. The van der Waals surface area contributed by atoms with Crippen molar-refractivity contribution in [1.82, 2.24) is 10.3 Å². The standard InChI is InChI=1S/C26H22N2O5/c1-32-17-12-13-23(29)20(14-17)22-15-19(18-10-6-7-11-21(18)27-22)25(30)28-24(26(31)33-2)16-8-4-3-5-9-16/h3-15,24,29H,1-2H3,(H,28,30). The molecule has 0 aliphatic rings. The minimum atomic E-state index is -0.982. The van der Waals surface area contributed by atoms with Crippen molar-refractivity contribution in [1.29, 1.82) is 0 Å². The Morgan fingerprint density at radius 3 is 2.39 bits per heavy atom. The summed E-state index contributed by atoms with van der Waals surface area (Å²) in [6, 6.07) is 21.4. The van der Waals surface area contributed by atoms with Crippen LogP contribution in [0.15, 0.2) is 78.9 Å². The van der Waals surface area contributed by atoms with E-state index < -0.39 is 17.9 Å². The van der Waals surface area contributed by atoms with Gasteiger partial charge in [0.25, 0.3) is 5.91 Å². The molecule has 166 valence electrons. The van der Waals surface area contributed by atoms with E-state index >= 15 is 0 Å². The van der Waals surface area contributed by atoms with Crippen LogP contribution >= 0.6 is 0 Å². The molecule has 33 heavy (non-hydrogen) atoms. The fourth-order valence-electron chi connectivity index (χ4n) is 3.60. The number of nitrogens with zero attached hydrogens (tertiary/aromatic N) is 1. The first-order valence-electron chi connectivity index (χ1n) is 10.2. The fraction of sp³-hybridized carbons (Fsp3) is 0.115. The molecule has 0 bridgehead atoms. The largest absolute Gasteiger partial charge is 0.507 e. The van der Waals surface area contributed by atoms with Crippen molar-refractivity contribution in [2.24, 2.45) is 0 Å². The van der Waals surface area contributed by atoms with Crippen molar-refractivity contribution in [2.45, 2.75) is 6.04 Å². The van der Waals surface area contributed by atoms with Crippen LogP contribution in [0.1, 0.15) is 22.0 Å². The lowest BCUT2D eigenvalue weighted by Gasteiger charge is -2.18. The molecule has 7 nitrogen and oxygen atoms in total. The van der Waals surface area contributed by atoms with Gasteiger partial charge in [0, 0.05) is 10.9 Å². The van der Waals surface area contributed by atoms with Crippen LogP contribution < -0.4 is 10.1 Å². The third-order valence-electron chi connectivity index (χ3n) is 5.29. The predicted molar refractivity (Wildman–Crippen MR) is 124 cm³/mol. The van der Waals surface area contributed by atoms with Gasteiger partial charge < -0.3 is 19.9 Å². The van der Waals surface area contributed by atoms with Gasteiger partial charge in [-0.25, -0.2) is 9.78 Å². The first-order chi connectivity index (χ1) is 16.0. The van der Waals surface area contributed by atoms with E-state index in [0.29, 0.717) is 39.0 Å². The minimum absolute atomic E-state index is 0.00154. The number of nitrogens with one attached hydrogen (secondary N) is 1. The summed E-state index contributed by atoms with van der Waals surface area (Å²) in [5, 5.41) is 13.8. The van der Waals surface area contributed by atoms with Crippen LogP contribution in [0.5, 0.6) is 11.5 Å². The number of fused-ring (bicyclic) bond motifs is 1. The van der Waals surface area contributed by atoms with Crippen molar-refractivity contribution >= 4 is 22.8 Å². The highest BCUT2D eigenvalue weighted by Gasteiger charge is 2.25. The van der Waals surface area contributed by atoms with Crippen molar-refractivity contribution in [3.05, 3.63) is 90.0 Å². The summed E-state index contributed by atoms with van der Waals surface area (Å²) in [5.74, 6) is -0.518. The monoisotopic (exact) mass is 442 g/mol. The van der Waals surface area contributed by atoms with Gasteiger partial charge in [0.15, 0.2) is 6.04 Å². The van der Waals surface area contributed by atoms with Gasteiger partial charge in [0.1, 0.15) is 11.5 Å². The Balaban J connectivity index is 1.81. The molecule has 0 saturated carbocycles. The van der Waals surface area contributed by atoms with Crippen LogP contribution in [0.2, 0.25) is 0 Å². The maximum atomic E-state index is 13.4. The molecule has 1 aromatic heterocycles. The molecule has 4 aromatic rings. The Bertz CT molecular complexity index is 1320. The van der Waals surface area contributed by atoms with Gasteiger partial charge in [-0.1, -0.05) is 48.5 Å². The summed E-state index contributed by atoms with van der Waals surface area (Å²) in [7, 11) is 2.80. The van der Waals surface area contributed by atoms with E-state index in [2.05, 4.69) is 10.3 Å². The first-order valence-corrected chi connectivity index (χ1v) is 10.2. The number of amides is 1. The zero-order chi connectivity index (χ0) is 23.4. The number of phenolic OH excluding ortho intramolecular Hbond substituents is 1. The van der Waals surface area contributed by atoms with Gasteiger partial charge >= 0.3 is 5.97 Å². The van der Waals surface area contributed by atoms with E-state index in [0.717, 1.165) is 0 Å². The Kier molecular flexibility index (Phi) is 6.22. The highest BCUT2D eigenvalue weighted by molar-refractivity contribution is 6.08. The van der Waals surface area contributed by atoms with E-state index in [1.54, 1.807) is 60.7 Å². The average Bonchev–Trinajstić information content (AvgIpc) is 2.86. The number of hydrogen-bond acceptors (Lipinski definition) is 6. The molecule has 0 spiro atoms. The zero-order valence-corrected chi connectivity index (χ0v) is 18.1. The van der Waals surface area contributed by atoms with Crippen LogP contribution in [0, 0.1) is 0 Å². The smallest absolute Gasteiger partial charge is 0.333 e. The number of pyridine rings is 1. The summed E-state index contributed by atoms with van der Waals surface area (Å²) in [6.45, 7) is 0. The molecule has 7 heteroatoms. The number of rotatable bonds is 6. The SMILES string of the molecule is COC(=O)C(NC(=O)c1cc(-c2cc(OC)ccc2O)nc2ccccc12)c1ccccc1. The number of benzene rings is 3. The lowest BCUT2D eigenvalue weighted by Crippen LogP contribution is -2.34. The second-order valence-electron chi connectivity index (χ2n) is 7.30. The molecule has 4 rings (SSSR count). The molecule has 0 aliphatic heterocycles. The quantitative estimate of drug-likeness (QED) is 0.433. The molecule has 1 amide bonds. The summed E-state index contributed by atoms with van der Waals surface area (Å²) >= 11 is 0. The maximum absolute atomic E-state index is 13.4. The molecule has 1 heterocycles. The third kappa shape index (κ3) is 4.48. The summed E-state index contributed by atoms with van der Waals surface area (Å²) in [4.78, 5) is 30.5. The van der Waals surface area contributed by atoms with Gasteiger partial charge in [0.05, 0.1) is 31.0 Å². The average molecular weight is 442 g/mol. The summed E-state index contributed by atoms with van der Waals surface area (Å²) < 4.78 is 10.2. The van der Waals surface area contributed by atoms with E-state index in [4.69, 9.17) is 9.47 Å². The maximum Gasteiger partial charge on any atom is 0.333 e. The van der Waals surface area contributed by atoms with Gasteiger partial charge in [-0.2, -0.15) is 0 Å². The first kappa shape index (κ1) is 21.8. The predicted octanol–water partition coefficient (Wildman–Crippen LogP) is 4.26. The highest BCUT2D eigenvalue weighted by Crippen LogP contribution is 2.34. The number of carbonyl (C=O) groups is 2. The van der Waals surface area contributed by atoms with E-state index in [9.17, 15) is 14.7 Å². The number of phenols is 1. The third-order valence-corrected chi connectivity index (χ3v) is 5.29. The second-order valence-corrected chi connectivity index (χ2v) is 7.30. The lowest BCUT2D eigenvalue weighted by atomic mass is 10.0. The highest BCUT2D eigenvalue weighted by atomic mass is 16.5. The van der Waals surface area contributed by atoms with E-state index in [1.165, 1.54) is 20.3 Å². The van der Waals surface area contributed by atoms with Crippen molar-refractivity contribution in [3.63, 3.8) is 0 Å². The number of carbonyl (C=O) groups excluding carboxylic acids is 2. The van der Waals surface area contributed by atoms with Crippen LogP contribution in [0.25, 0.3) is 22.2 Å². The Hall–Kier alpha value is -4.39. The number of esters is 1. The molecule has 0 aliphatic carbocycles. The minimum Gasteiger partial charge on any atom is -0.507 e. The zero-order valence-electron chi connectivity index (χ0n) is 18.1.